The molecule has 5 nitrogen and oxygen atoms in total. The van der Waals surface area contributed by atoms with Crippen LogP contribution in [0.2, 0.25) is 0 Å². The minimum Gasteiger partial charge on any atom is -0.497 e. The molecule has 0 radical (unpaired) electrons. The zero-order chi connectivity index (χ0) is 17.8. The standard InChI is InChI=1S/C20H27N3O2/c1-15(2)19-21-9-12-23(19)14-16-7-10-22(11-8-16)20(24)17-5-4-6-18(13-17)25-3/h4-6,9,12-13,15-16H,7-8,10-11,14H2,1-3H3. The lowest BCUT2D eigenvalue weighted by Gasteiger charge is -2.32. The number of carbonyl (C=O) groups excluding carboxylic acids is 1. The van der Waals surface area contributed by atoms with E-state index in [-0.39, 0.29) is 5.91 Å². The van der Waals surface area contributed by atoms with E-state index in [1.54, 1.807) is 7.11 Å². The van der Waals surface area contributed by atoms with Gasteiger partial charge in [0, 0.05) is 43.5 Å². The first-order valence-corrected chi connectivity index (χ1v) is 9.03. The summed E-state index contributed by atoms with van der Waals surface area (Å²) in [6.45, 7) is 6.97. The number of imidazole rings is 1. The smallest absolute Gasteiger partial charge is 0.253 e. The molecule has 0 N–H and O–H groups in total. The summed E-state index contributed by atoms with van der Waals surface area (Å²) in [5, 5.41) is 0. The fraction of sp³-hybridized carbons (Fsp3) is 0.500. The number of carbonyl (C=O) groups is 1. The second kappa shape index (κ2) is 7.72. The number of ether oxygens (including phenoxy) is 1. The number of hydrogen-bond acceptors (Lipinski definition) is 3. The van der Waals surface area contributed by atoms with E-state index in [0.717, 1.165) is 44.0 Å². The predicted octanol–water partition coefficient (Wildman–Crippen LogP) is 3.57. The van der Waals surface area contributed by atoms with Crippen molar-refractivity contribution < 1.29 is 9.53 Å². The molecule has 0 spiro atoms. The van der Waals surface area contributed by atoms with Gasteiger partial charge in [-0.2, -0.15) is 0 Å². The summed E-state index contributed by atoms with van der Waals surface area (Å²) in [5.41, 5.74) is 0.703. The number of likely N-dealkylation sites (tertiary alicyclic amines) is 1. The van der Waals surface area contributed by atoms with Gasteiger partial charge >= 0.3 is 0 Å². The molecule has 0 atom stereocenters. The quantitative estimate of drug-likeness (QED) is 0.835. The van der Waals surface area contributed by atoms with Crippen molar-refractivity contribution in [2.45, 2.75) is 39.2 Å². The molecule has 25 heavy (non-hydrogen) atoms. The van der Waals surface area contributed by atoms with Crippen LogP contribution in [0.15, 0.2) is 36.7 Å². The van der Waals surface area contributed by atoms with Crippen molar-refractivity contribution in [3.63, 3.8) is 0 Å². The van der Waals surface area contributed by atoms with Crippen LogP contribution in [-0.4, -0.2) is 40.6 Å². The van der Waals surface area contributed by atoms with Gasteiger partial charge < -0.3 is 14.2 Å². The number of hydrogen-bond donors (Lipinski definition) is 0. The Hall–Kier alpha value is -2.30. The van der Waals surface area contributed by atoms with Crippen molar-refractivity contribution >= 4 is 5.91 Å². The molecule has 1 aromatic heterocycles. The minimum atomic E-state index is 0.0999. The first-order chi connectivity index (χ1) is 12.1. The van der Waals surface area contributed by atoms with E-state index < -0.39 is 0 Å². The average Bonchev–Trinajstić information content (AvgIpc) is 3.10. The molecule has 1 aromatic carbocycles. The predicted molar refractivity (Wildman–Crippen MR) is 97.9 cm³/mol. The summed E-state index contributed by atoms with van der Waals surface area (Å²) in [6.07, 6.45) is 6.02. The van der Waals surface area contributed by atoms with Gasteiger partial charge in [0.25, 0.3) is 5.91 Å². The third-order valence-corrected chi connectivity index (χ3v) is 4.94. The third-order valence-electron chi connectivity index (χ3n) is 4.94. The average molecular weight is 341 g/mol. The van der Waals surface area contributed by atoms with Crippen molar-refractivity contribution in [3.05, 3.63) is 48.0 Å². The summed E-state index contributed by atoms with van der Waals surface area (Å²) in [5.74, 6) is 3.01. The number of rotatable bonds is 5. The Kier molecular flexibility index (Phi) is 5.41. The lowest BCUT2D eigenvalue weighted by molar-refractivity contribution is 0.0682. The maximum absolute atomic E-state index is 12.7. The highest BCUT2D eigenvalue weighted by Gasteiger charge is 2.24. The molecule has 3 rings (SSSR count). The highest BCUT2D eigenvalue weighted by atomic mass is 16.5. The van der Waals surface area contributed by atoms with Gasteiger partial charge in [-0.3, -0.25) is 4.79 Å². The molecule has 1 amide bonds. The van der Waals surface area contributed by atoms with Crippen LogP contribution in [0.3, 0.4) is 0 Å². The fourth-order valence-electron chi connectivity index (χ4n) is 3.51. The van der Waals surface area contributed by atoms with Gasteiger partial charge in [0.05, 0.1) is 7.11 Å². The largest absolute Gasteiger partial charge is 0.497 e. The minimum absolute atomic E-state index is 0.0999. The van der Waals surface area contributed by atoms with Gasteiger partial charge in [0.2, 0.25) is 0 Å². The molecule has 0 aliphatic carbocycles. The van der Waals surface area contributed by atoms with E-state index in [2.05, 4.69) is 29.6 Å². The van der Waals surface area contributed by atoms with Gasteiger partial charge in [0.15, 0.2) is 0 Å². The van der Waals surface area contributed by atoms with Crippen molar-refractivity contribution in [1.29, 1.82) is 0 Å². The first-order valence-electron chi connectivity index (χ1n) is 9.03. The van der Waals surface area contributed by atoms with Crippen LogP contribution in [0, 0.1) is 5.92 Å². The van der Waals surface area contributed by atoms with E-state index in [1.807, 2.05) is 35.4 Å². The molecular formula is C20H27N3O2. The number of amides is 1. The molecule has 1 saturated heterocycles. The Morgan fingerprint density at radius 3 is 2.76 bits per heavy atom. The van der Waals surface area contributed by atoms with E-state index in [1.165, 1.54) is 0 Å². The highest BCUT2D eigenvalue weighted by molar-refractivity contribution is 5.94. The molecule has 2 heterocycles. The molecule has 0 saturated carbocycles. The Balaban J connectivity index is 1.58. The molecule has 0 unspecified atom stereocenters. The summed E-state index contributed by atoms with van der Waals surface area (Å²) in [7, 11) is 1.62. The van der Waals surface area contributed by atoms with Crippen LogP contribution in [0.25, 0.3) is 0 Å². The Bertz CT molecular complexity index is 715. The van der Waals surface area contributed by atoms with Crippen LogP contribution < -0.4 is 4.74 Å². The van der Waals surface area contributed by atoms with Crippen molar-refractivity contribution in [2.24, 2.45) is 5.92 Å². The molecule has 1 aliphatic heterocycles. The molecule has 1 aliphatic rings. The zero-order valence-electron chi connectivity index (χ0n) is 15.3. The van der Waals surface area contributed by atoms with Gasteiger partial charge in [-0.15, -0.1) is 0 Å². The molecular weight excluding hydrogens is 314 g/mol. The number of piperidine rings is 1. The highest BCUT2D eigenvalue weighted by Crippen LogP contribution is 2.23. The number of benzene rings is 1. The Morgan fingerprint density at radius 1 is 1.32 bits per heavy atom. The van der Waals surface area contributed by atoms with Crippen LogP contribution in [0.1, 0.15) is 48.8 Å². The number of methoxy groups -OCH3 is 1. The molecule has 0 bridgehead atoms. The van der Waals surface area contributed by atoms with E-state index in [0.29, 0.717) is 17.4 Å². The fourth-order valence-corrected chi connectivity index (χ4v) is 3.51. The molecule has 2 aromatic rings. The second-order valence-corrected chi connectivity index (χ2v) is 7.06. The van der Waals surface area contributed by atoms with Crippen LogP contribution >= 0.6 is 0 Å². The van der Waals surface area contributed by atoms with Gasteiger partial charge in [-0.1, -0.05) is 19.9 Å². The second-order valence-electron chi connectivity index (χ2n) is 7.06. The van der Waals surface area contributed by atoms with Crippen molar-refractivity contribution in [3.8, 4) is 5.75 Å². The normalized spacial score (nSPS) is 15.6. The molecule has 134 valence electrons. The Morgan fingerprint density at radius 2 is 2.08 bits per heavy atom. The topological polar surface area (TPSA) is 47.4 Å². The van der Waals surface area contributed by atoms with Crippen molar-refractivity contribution in [1.82, 2.24) is 14.5 Å². The summed E-state index contributed by atoms with van der Waals surface area (Å²) < 4.78 is 7.49. The van der Waals surface area contributed by atoms with Gasteiger partial charge in [0.1, 0.15) is 11.6 Å². The number of nitrogens with zero attached hydrogens (tertiary/aromatic N) is 3. The SMILES string of the molecule is COc1cccc(C(=O)N2CCC(Cn3ccnc3C(C)C)CC2)c1. The lowest BCUT2D eigenvalue weighted by Crippen LogP contribution is -2.39. The van der Waals surface area contributed by atoms with E-state index in [9.17, 15) is 4.79 Å². The third kappa shape index (κ3) is 4.03. The van der Waals surface area contributed by atoms with Crippen LogP contribution in [-0.2, 0) is 6.54 Å². The van der Waals surface area contributed by atoms with Crippen LogP contribution in [0.4, 0.5) is 0 Å². The van der Waals surface area contributed by atoms with E-state index in [4.69, 9.17) is 4.74 Å². The van der Waals surface area contributed by atoms with E-state index >= 15 is 0 Å². The summed E-state index contributed by atoms with van der Waals surface area (Å²) >= 11 is 0. The zero-order valence-corrected chi connectivity index (χ0v) is 15.3. The van der Waals surface area contributed by atoms with Crippen LogP contribution in [0.5, 0.6) is 5.75 Å². The lowest BCUT2D eigenvalue weighted by atomic mass is 9.96. The van der Waals surface area contributed by atoms with Gasteiger partial charge in [-0.25, -0.2) is 4.98 Å². The number of aromatic nitrogens is 2. The monoisotopic (exact) mass is 341 g/mol. The maximum Gasteiger partial charge on any atom is 0.253 e. The summed E-state index contributed by atoms with van der Waals surface area (Å²) in [6, 6.07) is 7.40. The van der Waals surface area contributed by atoms with Crippen molar-refractivity contribution in [2.75, 3.05) is 20.2 Å². The summed E-state index contributed by atoms with van der Waals surface area (Å²) in [4.78, 5) is 19.1. The Labute approximate surface area is 149 Å². The first kappa shape index (κ1) is 17.5. The molecule has 5 heteroatoms. The maximum atomic E-state index is 12.7. The molecule has 1 fully saturated rings. The van der Waals surface area contributed by atoms with Gasteiger partial charge in [-0.05, 0) is 37.0 Å².